The Kier molecular flexibility index (Phi) is 7.41. The third-order valence-corrected chi connectivity index (χ3v) is 8.16. The predicted octanol–water partition coefficient (Wildman–Crippen LogP) is 7.60. The summed E-state index contributed by atoms with van der Waals surface area (Å²) in [6.45, 7) is 6.53. The lowest BCUT2D eigenvalue weighted by molar-refractivity contribution is 0.0685. The number of nitrogens with zero attached hydrogens (tertiary/aromatic N) is 3. The van der Waals surface area contributed by atoms with Gasteiger partial charge in [-0.25, -0.2) is 4.98 Å². The third-order valence-electron chi connectivity index (χ3n) is 8.16. The molecule has 0 radical (unpaired) electrons. The maximum absolute atomic E-state index is 14.5. The summed E-state index contributed by atoms with van der Waals surface area (Å²) in [4.78, 5) is 35.5. The molecule has 0 spiro atoms. The average Bonchev–Trinajstić information content (AvgIpc) is 3.02. The highest BCUT2D eigenvalue weighted by Crippen LogP contribution is 2.28. The Morgan fingerprint density at radius 3 is 2.26 bits per heavy atom. The maximum Gasteiger partial charge on any atom is 0.266 e. The SMILES string of the molecule is Cc1ccc(-n2c(C(C)N(CCc3ccccc3)C(=O)c3cccc4ccccc34)nc3ccccc3c2=O)cc1C. The lowest BCUT2D eigenvalue weighted by Crippen LogP contribution is -2.38. The molecule has 0 fully saturated rings. The number of carbonyl (C=O) groups excluding carboxylic acids is 1. The van der Waals surface area contributed by atoms with Crippen LogP contribution < -0.4 is 5.56 Å². The molecule has 1 aromatic heterocycles. The summed E-state index contributed by atoms with van der Waals surface area (Å²) < 4.78 is 1.69. The van der Waals surface area contributed by atoms with Crippen molar-refractivity contribution in [3.63, 3.8) is 0 Å². The lowest BCUT2D eigenvalue weighted by Gasteiger charge is -2.31. The number of hydrogen-bond acceptors (Lipinski definition) is 3. The number of benzene rings is 5. The molecule has 0 aliphatic heterocycles. The van der Waals surface area contributed by atoms with Gasteiger partial charge in [-0.3, -0.25) is 14.2 Å². The van der Waals surface area contributed by atoms with Crippen molar-refractivity contribution in [2.45, 2.75) is 33.2 Å². The second-order valence-corrected chi connectivity index (χ2v) is 10.8. The van der Waals surface area contributed by atoms with Crippen molar-refractivity contribution < 1.29 is 4.79 Å². The van der Waals surface area contributed by atoms with Crippen molar-refractivity contribution in [2.24, 2.45) is 0 Å². The van der Waals surface area contributed by atoms with Crippen LogP contribution in [0.3, 0.4) is 0 Å². The first kappa shape index (κ1) is 27.2. The van der Waals surface area contributed by atoms with Crippen LogP contribution in [-0.4, -0.2) is 26.9 Å². The molecular formula is C37H33N3O2. The molecule has 0 N–H and O–H groups in total. The Bertz CT molecular complexity index is 1970. The molecule has 0 saturated carbocycles. The van der Waals surface area contributed by atoms with E-state index in [4.69, 9.17) is 4.98 Å². The van der Waals surface area contributed by atoms with Crippen LogP contribution in [0, 0.1) is 13.8 Å². The Labute approximate surface area is 245 Å². The summed E-state index contributed by atoms with van der Waals surface area (Å²) >= 11 is 0. The molecule has 6 rings (SSSR count). The summed E-state index contributed by atoms with van der Waals surface area (Å²) in [7, 11) is 0. The van der Waals surface area contributed by atoms with Crippen molar-refractivity contribution in [2.75, 3.05) is 6.54 Å². The van der Waals surface area contributed by atoms with Gasteiger partial charge in [0.15, 0.2) is 0 Å². The van der Waals surface area contributed by atoms with Crippen LogP contribution in [-0.2, 0) is 6.42 Å². The smallest absolute Gasteiger partial charge is 0.266 e. The molecule has 208 valence electrons. The third kappa shape index (κ3) is 5.10. The largest absolute Gasteiger partial charge is 0.328 e. The van der Waals surface area contributed by atoms with Crippen LogP contribution in [0.15, 0.2) is 120 Å². The second kappa shape index (κ2) is 11.5. The van der Waals surface area contributed by atoms with E-state index in [2.05, 4.69) is 19.1 Å². The van der Waals surface area contributed by atoms with Gasteiger partial charge in [-0.1, -0.05) is 84.9 Å². The highest BCUT2D eigenvalue weighted by atomic mass is 16.2. The van der Waals surface area contributed by atoms with Crippen LogP contribution >= 0.6 is 0 Å². The molecular weight excluding hydrogens is 518 g/mol. The van der Waals surface area contributed by atoms with E-state index in [9.17, 15) is 9.59 Å². The van der Waals surface area contributed by atoms with Gasteiger partial charge in [0.2, 0.25) is 0 Å². The van der Waals surface area contributed by atoms with Crippen molar-refractivity contribution in [1.82, 2.24) is 14.5 Å². The normalized spacial score (nSPS) is 12.0. The minimum atomic E-state index is -0.501. The zero-order valence-corrected chi connectivity index (χ0v) is 24.1. The first-order chi connectivity index (χ1) is 20.4. The molecule has 5 heteroatoms. The number of rotatable bonds is 7. The summed E-state index contributed by atoms with van der Waals surface area (Å²) in [6.07, 6.45) is 0.670. The number of amides is 1. The van der Waals surface area contributed by atoms with Gasteiger partial charge in [0.25, 0.3) is 11.5 Å². The van der Waals surface area contributed by atoms with Gasteiger partial charge in [-0.2, -0.15) is 0 Å². The van der Waals surface area contributed by atoms with Crippen molar-refractivity contribution >= 4 is 27.6 Å². The lowest BCUT2D eigenvalue weighted by atomic mass is 10.0. The molecule has 0 saturated heterocycles. The number of fused-ring (bicyclic) bond motifs is 2. The molecule has 1 amide bonds. The summed E-state index contributed by atoms with van der Waals surface area (Å²) in [5.41, 5.74) is 5.21. The minimum absolute atomic E-state index is 0.0933. The Morgan fingerprint density at radius 1 is 0.786 bits per heavy atom. The first-order valence-corrected chi connectivity index (χ1v) is 14.3. The molecule has 1 unspecified atom stereocenters. The van der Waals surface area contributed by atoms with E-state index in [1.54, 1.807) is 4.57 Å². The van der Waals surface area contributed by atoms with Gasteiger partial charge in [-0.15, -0.1) is 0 Å². The summed E-state index contributed by atoms with van der Waals surface area (Å²) in [5.74, 6) is 0.438. The van der Waals surface area contributed by atoms with E-state index in [0.717, 1.165) is 33.2 Å². The molecule has 0 bridgehead atoms. The minimum Gasteiger partial charge on any atom is -0.328 e. The Balaban J connectivity index is 1.53. The first-order valence-electron chi connectivity index (χ1n) is 14.3. The van der Waals surface area contributed by atoms with E-state index in [0.29, 0.717) is 35.3 Å². The molecule has 0 aliphatic rings. The van der Waals surface area contributed by atoms with Crippen molar-refractivity contribution in [3.05, 3.63) is 154 Å². The van der Waals surface area contributed by atoms with Crippen LogP contribution in [0.1, 0.15) is 45.8 Å². The van der Waals surface area contributed by atoms with Crippen molar-refractivity contribution in [3.8, 4) is 5.69 Å². The molecule has 5 aromatic carbocycles. The zero-order valence-electron chi connectivity index (χ0n) is 24.1. The molecule has 1 heterocycles. The Hall–Kier alpha value is -5.03. The zero-order chi connectivity index (χ0) is 29.2. The molecule has 0 aliphatic carbocycles. The van der Waals surface area contributed by atoms with E-state index >= 15 is 0 Å². The van der Waals surface area contributed by atoms with Crippen LogP contribution in [0.5, 0.6) is 0 Å². The van der Waals surface area contributed by atoms with Gasteiger partial charge >= 0.3 is 0 Å². The van der Waals surface area contributed by atoms with Gasteiger partial charge in [-0.05, 0) is 85.0 Å². The van der Waals surface area contributed by atoms with E-state index in [1.165, 1.54) is 0 Å². The van der Waals surface area contributed by atoms with Crippen LogP contribution in [0.2, 0.25) is 0 Å². The fourth-order valence-corrected chi connectivity index (χ4v) is 5.62. The monoisotopic (exact) mass is 551 g/mol. The number of carbonyl (C=O) groups is 1. The molecule has 6 aromatic rings. The maximum atomic E-state index is 14.5. The number of aromatic nitrogens is 2. The highest BCUT2D eigenvalue weighted by molar-refractivity contribution is 6.07. The van der Waals surface area contributed by atoms with Gasteiger partial charge in [0.1, 0.15) is 5.82 Å². The summed E-state index contributed by atoms with van der Waals surface area (Å²) in [6, 6.07) is 36.9. The van der Waals surface area contributed by atoms with Gasteiger partial charge in [0, 0.05) is 12.1 Å². The van der Waals surface area contributed by atoms with E-state index < -0.39 is 6.04 Å². The number of aryl methyl sites for hydroxylation is 2. The van der Waals surface area contributed by atoms with Crippen molar-refractivity contribution in [1.29, 1.82) is 0 Å². The van der Waals surface area contributed by atoms with Gasteiger partial charge < -0.3 is 4.90 Å². The standard InChI is InChI=1S/C37H33N3O2/c1-25-20-21-30(24-26(25)2)40-35(38-34-19-10-9-17-33(34)37(40)42)27(3)39(23-22-28-12-5-4-6-13-28)36(41)32-18-11-15-29-14-7-8-16-31(29)32/h4-21,24,27H,22-23H2,1-3H3. The predicted molar refractivity (Wildman–Crippen MR) is 170 cm³/mol. The van der Waals surface area contributed by atoms with Crippen LogP contribution in [0.4, 0.5) is 0 Å². The molecule has 5 nitrogen and oxygen atoms in total. The summed E-state index contributed by atoms with van der Waals surface area (Å²) in [5, 5.41) is 2.46. The van der Waals surface area contributed by atoms with E-state index in [-0.39, 0.29) is 11.5 Å². The fourth-order valence-electron chi connectivity index (χ4n) is 5.62. The highest BCUT2D eigenvalue weighted by Gasteiger charge is 2.28. The molecule has 42 heavy (non-hydrogen) atoms. The fraction of sp³-hybridized carbons (Fsp3) is 0.162. The average molecular weight is 552 g/mol. The quantitative estimate of drug-likeness (QED) is 0.205. The molecule has 1 atom stereocenters. The number of hydrogen-bond donors (Lipinski definition) is 0. The Morgan fingerprint density at radius 2 is 1.48 bits per heavy atom. The topological polar surface area (TPSA) is 55.2 Å². The van der Waals surface area contributed by atoms with E-state index in [1.807, 2.05) is 122 Å². The second-order valence-electron chi connectivity index (χ2n) is 10.8. The van der Waals surface area contributed by atoms with Crippen LogP contribution in [0.25, 0.3) is 27.4 Å². The number of para-hydroxylation sites is 1. The van der Waals surface area contributed by atoms with Gasteiger partial charge in [0.05, 0.1) is 22.6 Å².